The fourth-order valence-corrected chi connectivity index (χ4v) is 7.12. The molecule has 8 heteroatoms. The third-order valence-corrected chi connectivity index (χ3v) is 10.0. The molecule has 0 aromatic heterocycles. The number of carbonyl (C=O) groups excluding carboxylic acids is 2. The van der Waals surface area contributed by atoms with Crippen LogP contribution in [0.25, 0.3) is 11.1 Å². The van der Waals surface area contributed by atoms with Gasteiger partial charge in [0.05, 0.1) is 26.3 Å². The minimum absolute atomic E-state index is 0.0880. The number of rotatable bonds is 14. The second-order valence-electron chi connectivity index (χ2n) is 14.4. The lowest BCUT2D eigenvalue weighted by atomic mass is 9.97. The molecule has 1 atom stereocenters. The summed E-state index contributed by atoms with van der Waals surface area (Å²) in [5, 5.41) is 6.49. The van der Waals surface area contributed by atoms with Crippen LogP contribution in [0.15, 0.2) is 140 Å². The molecule has 1 aliphatic carbocycles. The second-order valence-corrected chi connectivity index (χ2v) is 14.4. The number of nitrogens with one attached hydrogen (secondary N) is 2. The van der Waals surface area contributed by atoms with Gasteiger partial charge in [0, 0.05) is 17.5 Å². The molecule has 1 aliphatic rings. The quantitative estimate of drug-likeness (QED) is 0.0832. The molecule has 8 nitrogen and oxygen atoms in total. The Morgan fingerprint density at radius 2 is 1.13 bits per heavy atom. The van der Waals surface area contributed by atoms with Crippen LogP contribution in [0.5, 0.6) is 17.2 Å². The standard InChI is InChI=1S/C33H36N2O4.C15H12O2.C3H8.C2H6.C2H2/c1-22-6-10-24(11-7-22)32(25-12-8-23(2)9-13-25)35-31(36)21-39-27-16-14-26(15-17-27)33(34-3)29-19-18-28(37-4)20-30(29)38-5;16-10-17-9-15-13-7-3-1-5-11(13)12-6-2-4-8-14(12)15;1-3-2;2*1-2/h6-20,32-34H,21H2,1-5H3,(H,35,36);1-8,10,15H,9H2;3H2,1-2H3;1-2H3;1-2H. The number of hydrogen-bond donors (Lipinski definition) is 2. The van der Waals surface area contributed by atoms with Gasteiger partial charge >= 0.3 is 0 Å². The van der Waals surface area contributed by atoms with Gasteiger partial charge in [0.15, 0.2) is 6.61 Å². The summed E-state index contributed by atoms with van der Waals surface area (Å²) in [7, 11) is 5.19. The van der Waals surface area contributed by atoms with E-state index in [4.69, 9.17) is 18.9 Å². The van der Waals surface area contributed by atoms with Crippen LogP contribution < -0.4 is 24.8 Å². The van der Waals surface area contributed by atoms with Gasteiger partial charge in [-0.05, 0) is 84.1 Å². The van der Waals surface area contributed by atoms with Crippen molar-refractivity contribution < 1.29 is 28.5 Å². The Balaban J connectivity index is 0.000000362. The molecule has 0 heterocycles. The molecule has 2 N–H and O–H groups in total. The fraction of sp³-hybridized carbons (Fsp3) is 0.273. The Morgan fingerprint density at radius 3 is 1.59 bits per heavy atom. The average molecular weight is 849 g/mol. The highest BCUT2D eigenvalue weighted by Gasteiger charge is 2.28. The van der Waals surface area contributed by atoms with E-state index in [1.165, 1.54) is 39.8 Å². The second kappa shape index (κ2) is 27.2. The maximum Gasteiger partial charge on any atom is 0.293 e. The van der Waals surface area contributed by atoms with Crippen molar-refractivity contribution >= 4 is 12.4 Å². The van der Waals surface area contributed by atoms with Gasteiger partial charge < -0.3 is 29.6 Å². The summed E-state index contributed by atoms with van der Waals surface area (Å²) in [6.45, 7) is 13.2. The van der Waals surface area contributed by atoms with Gasteiger partial charge in [0.1, 0.15) is 23.9 Å². The maximum absolute atomic E-state index is 13.0. The first-order valence-corrected chi connectivity index (χ1v) is 21.4. The van der Waals surface area contributed by atoms with Crippen LogP contribution >= 0.6 is 0 Å². The fourth-order valence-electron chi connectivity index (χ4n) is 7.12. The molecule has 330 valence electrons. The lowest BCUT2D eigenvalue weighted by molar-refractivity contribution is -0.129. The third-order valence-electron chi connectivity index (χ3n) is 10.0. The molecule has 0 spiro atoms. The Bertz CT molecular complexity index is 2190. The van der Waals surface area contributed by atoms with Crippen LogP contribution in [-0.4, -0.2) is 46.9 Å². The van der Waals surface area contributed by atoms with Gasteiger partial charge in [-0.3, -0.25) is 9.59 Å². The first-order chi connectivity index (χ1) is 30.7. The van der Waals surface area contributed by atoms with Gasteiger partial charge in [0.2, 0.25) is 0 Å². The van der Waals surface area contributed by atoms with Crippen LogP contribution in [0.3, 0.4) is 0 Å². The maximum atomic E-state index is 13.0. The van der Waals surface area contributed by atoms with Crippen molar-refractivity contribution in [3.63, 3.8) is 0 Å². The number of ether oxygens (including phenoxy) is 4. The summed E-state index contributed by atoms with van der Waals surface area (Å²) >= 11 is 0. The summed E-state index contributed by atoms with van der Waals surface area (Å²) in [5.41, 5.74) is 11.4. The number of amides is 1. The van der Waals surface area contributed by atoms with Gasteiger partial charge in [-0.1, -0.05) is 154 Å². The zero-order chi connectivity index (χ0) is 46.1. The van der Waals surface area contributed by atoms with Crippen molar-refractivity contribution in [2.45, 2.75) is 66.0 Å². The summed E-state index contributed by atoms with van der Waals surface area (Å²) in [4.78, 5) is 23.3. The molecule has 1 unspecified atom stereocenters. The SMILES string of the molecule is C#C.CC.CCC.CNC(c1ccc(OCC(=O)NC(c2ccc(C)cc2)c2ccc(C)cc2)cc1)c1ccc(OC)cc1OC.O=COCC1c2ccccc2-c2ccccc21. The molecule has 0 bridgehead atoms. The molecule has 0 saturated heterocycles. The smallest absolute Gasteiger partial charge is 0.293 e. The van der Waals surface area contributed by atoms with Gasteiger partial charge in [0.25, 0.3) is 12.4 Å². The van der Waals surface area contributed by atoms with Crippen molar-refractivity contribution in [2.24, 2.45) is 0 Å². The largest absolute Gasteiger partial charge is 0.497 e. The van der Waals surface area contributed by atoms with E-state index in [-0.39, 0.29) is 30.5 Å². The van der Waals surface area contributed by atoms with E-state index in [1.807, 2.05) is 87.6 Å². The molecule has 0 fully saturated rings. The summed E-state index contributed by atoms with van der Waals surface area (Å²) in [5.74, 6) is 2.07. The highest BCUT2D eigenvalue weighted by Crippen LogP contribution is 2.44. The molecule has 0 aliphatic heterocycles. The van der Waals surface area contributed by atoms with Crippen molar-refractivity contribution in [2.75, 3.05) is 34.5 Å². The molecule has 6 aromatic carbocycles. The first kappa shape index (κ1) is 50.5. The zero-order valence-corrected chi connectivity index (χ0v) is 38.3. The number of fused-ring (bicyclic) bond motifs is 3. The van der Waals surface area contributed by atoms with Crippen LogP contribution in [0.4, 0.5) is 0 Å². The number of hydrogen-bond acceptors (Lipinski definition) is 7. The number of carbonyl (C=O) groups is 2. The molecule has 0 radical (unpaired) electrons. The summed E-state index contributed by atoms with van der Waals surface area (Å²) in [6.07, 6.45) is 9.25. The monoisotopic (exact) mass is 848 g/mol. The Kier molecular flexibility index (Phi) is 21.8. The van der Waals surface area contributed by atoms with Crippen LogP contribution in [0.1, 0.15) is 96.6 Å². The van der Waals surface area contributed by atoms with Crippen molar-refractivity contribution in [3.8, 4) is 41.2 Å². The normalized spacial score (nSPS) is 11.1. The molecule has 1 amide bonds. The lowest BCUT2D eigenvalue weighted by Gasteiger charge is -2.21. The third kappa shape index (κ3) is 14.1. The van der Waals surface area contributed by atoms with E-state index in [2.05, 4.69) is 124 Å². The predicted molar refractivity (Wildman–Crippen MR) is 258 cm³/mol. The van der Waals surface area contributed by atoms with Crippen molar-refractivity contribution in [1.82, 2.24) is 10.6 Å². The lowest BCUT2D eigenvalue weighted by Crippen LogP contribution is -2.33. The zero-order valence-electron chi connectivity index (χ0n) is 38.3. The Labute approximate surface area is 376 Å². The molecular formula is C55H64N2O6. The minimum atomic E-state index is -0.263. The van der Waals surface area contributed by atoms with E-state index < -0.39 is 0 Å². The number of benzene rings is 6. The Morgan fingerprint density at radius 1 is 0.667 bits per heavy atom. The summed E-state index contributed by atoms with van der Waals surface area (Å²) in [6, 6.07) is 46.2. The average Bonchev–Trinajstić information content (AvgIpc) is 3.65. The van der Waals surface area contributed by atoms with E-state index in [0.29, 0.717) is 18.8 Å². The number of aryl methyl sites for hydroxylation is 2. The van der Waals surface area contributed by atoms with E-state index in [0.717, 1.165) is 33.8 Å². The number of methoxy groups -OCH3 is 2. The van der Waals surface area contributed by atoms with E-state index >= 15 is 0 Å². The molecule has 0 saturated carbocycles. The van der Waals surface area contributed by atoms with Crippen molar-refractivity contribution in [3.05, 3.63) is 184 Å². The van der Waals surface area contributed by atoms with Crippen LogP contribution in [0, 0.1) is 26.7 Å². The van der Waals surface area contributed by atoms with Gasteiger partial charge in [-0.15, -0.1) is 12.8 Å². The van der Waals surface area contributed by atoms with Gasteiger partial charge in [-0.25, -0.2) is 0 Å². The molecule has 63 heavy (non-hydrogen) atoms. The topological polar surface area (TPSA) is 95.1 Å². The Hall–Kier alpha value is -6.82. The number of terminal acetylenes is 1. The van der Waals surface area contributed by atoms with E-state index in [1.54, 1.807) is 14.2 Å². The highest BCUT2D eigenvalue weighted by molar-refractivity contribution is 5.79. The first-order valence-electron chi connectivity index (χ1n) is 21.4. The van der Waals surface area contributed by atoms with Crippen LogP contribution in [-0.2, 0) is 14.3 Å². The van der Waals surface area contributed by atoms with E-state index in [9.17, 15) is 9.59 Å². The van der Waals surface area contributed by atoms with Crippen molar-refractivity contribution in [1.29, 1.82) is 0 Å². The highest BCUT2D eigenvalue weighted by atomic mass is 16.5. The molecular weight excluding hydrogens is 785 g/mol. The molecule has 7 rings (SSSR count). The molecule has 6 aromatic rings. The minimum Gasteiger partial charge on any atom is -0.497 e. The predicted octanol–water partition coefficient (Wildman–Crippen LogP) is 11.6. The van der Waals surface area contributed by atoms with Crippen LogP contribution in [0.2, 0.25) is 0 Å². The van der Waals surface area contributed by atoms with Gasteiger partial charge in [-0.2, -0.15) is 0 Å². The summed E-state index contributed by atoms with van der Waals surface area (Å²) < 4.78 is 21.7.